The topological polar surface area (TPSA) is 106 Å². The summed E-state index contributed by atoms with van der Waals surface area (Å²) in [5.41, 5.74) is 2.69. The van der Waals surface area contributed by atoms with E-state index in [1.165, 1.54) is 0 Å². The Hall–Kier alpha value is -3.31. The summed E-state index contributed by atoms with van der Waals surface area (Å²) in [5, 5.41) is 14.8. The number of carboxylic acid groups (broad SMARTS) is 1. The Morgan fingerprint density at radius 3 is 2.66 bits per heavy atom. The number of hydrogen-bond donors (Lipinski definition) is 1. The quantitative estimate of drug-likeness (QED) is 0.535. The molecule has 202 valence electrons. The van der Waals surface area contributed by atoms with E-state index < -0.39 is 12.3 Å². The van der Waals surface area contributed by atoms with Gasteiger partial charge in [-0.3, -0.25) is 0 Å². The standard InChI is InChI=1S/C27H33FN6O4/c1-16-9-18-12-29-34(23(18)10-21(16)20-6-7-32(27(35)36)15-22(20)28)25-11-24(30-17(2)31-25)33-13-19(14-33)38-26-5-3-4-8-37-26/h9-12,19-20,22,26H,3-8,13-15H2,1-2H3,(H,35,36). The summed E-state index contributed by atoms with van der Waals surface area (Å²) in [6.45, 7) is 6.29. The van der Waals surface area contributed by atoms with Gasteiger partial charge in [0, 0.05) is 43.6 Å². The molecule has 1 aromatic carbocycles. The normalized spacial score (nSPS) is 24.6. The number of piperidine rings is 1. The molecule has 1 N–H and O–H groups in total. The third-order valence-corrected chi connectivity index (χ3v) is 7.85. The highest BCUT2D eigenvalue weighted by molar-refractivity contribution is 5.82. The SMILES string of the molecule is Cc1nc(N2CC(OC3CCCCO3)C2)cc(-n2ncc3cc(C)c(C4CCN(C(=O)O)CC4F)cc32)n1. The highest BCUT2D eigenvalue weighted by Gasteiger charge is 2.34. The second kappa shape index (κ2) is 10.1. The number of likely N-dealkylation sites (tertiary alicyclic amines) is 1. The molecule has 0 saturated carbocycles. The van der Waals surface area contributed by atoms with Gasteiger partial charge < -0.3 is 24.4 Å². The Labute approximate surface area is 220 Å². The van der Waals surface area contributed by atoms with Gasteiger partial charge in [-0.25, -0.2) is 23.8 Å². The van der Waals surface area contributed by atoms with Crippen molar-refractivity contribution in [3.8, 4) is 5.82 Å². The van der Waals surface area contributed by atoms with E-state index in [2.05, 4.69) is 20.0 Å². The van der Waals surface area contributed by atoms with Gasteiger partial charge >= 0.3 is 6.09 Å². The first-order valence-corrected chi connectivity index (χ1v) is 13.3. The fourth-order valence-electron chi connectivity index (χ4n) is 5.77. The summed E-state index contributed by atoms with van der Waals surface area (Å²) in [6.07, 6.45) is 3.10. The molecular formula is C27H33FN6O4. The van der Waals surface area contributed by atoms with Crippen molar-refractivity contribution in [1.82, 2.24) is 24.6 Å². The molecule has 3 aliphatic heterocycles. The van der Waals surface area contributed by atoms with Crippen molar-refractivity contribution in [2.24, 2.45) is 0 Å². The number of nitrogens with zero attached hydrogens (tertiary/aromatic N) is 6. The number of rotatable bonds is 5. The van der Waals surface area contributed by atoms with Gasteiger partial charge in [-0.05, 0) is 62.8 Å². The van der Waals surface area contributed by atoms with E-state index in [0.717, 1.165) is 71.7 Å². The lowest BCUT2D eigenvalue weighted by Crippen LogP contribution is -2.54. The predicted octanol–water partition coefficient (Wildman–Crippen LogP) is 3.97. The second-order valence-corrected chi connectivity index (χ2v) is 10.6. The second-order valence-electron chi connectivity index (χ2n) is 10.6. The van der Waals surface area contributed by atoms with Gasteiger partial charge in [0.15, 0.2) is 12.1 Å². The minimum atomic E-state index is -1.26. The molecule has 10 nitrogen and oxygen atoms in total. The molecular weight excluding hydrogens is 491 g/mol. The van der Waals surface area contributed by atoms with Gasteiger partial charge in [0.2, 0.25) is 0 Å². The van der Waals surface area contributed by atoms with Crippen molar-refractivity contribution < 1.29 is 23.8 Å². The number of ether oxygens (including phenoxy) is 2. The molecule has 6 rings (SSSR count). The molecule has 0 radical (unpaired) electrons. The van der Waals surface area contributed by atoms with Crippen LogP contribution in [0.15, 0.2) is 24.4 Å². The molecule has 2 aromatic heterocycles. The zero-order valence-corrected chi connectivity index (χ0v) is 21.7. The molecule has 0 bridgehead atoms. The maximum absolute atomic E-state index is 15.1. The Morgan fingerprint density at radius 2 is 1.92 bits per heavy atom. The number of halogens is 1. The molecule has 3 aliphatic rings. The molecule has 3 atom stereocenters. The molecule has 0 aliphatic carbocycles. The number of benzene rings is 1. The fraction of sp³-hybridized carbons (Fsp3) is 0.556. The Balaban J connectivity index is 1.23. The fourth-order valence-corrected chi connectivity index (χ4v) is 5.77. The number of amides is 1. The number of fused-ring (bicyclic) bond motifs is 1. The minimum Gasteiger partial charge on any atom is -0.465 e. The zero-order valence-electron chi connectivity index (χ0n) is 21.7. The molecule has 38 heavy (non-hydrogen) atoms. The third kappa shape index (κ3) is 4.80. The average molecular weight is 525 g/mol. The minimum absolute atomic E-state index is 0.105. The highest BCUT2D eigenvalue weighted by atomic mass is 19.1. The van der Waals surface area contributed by atoms with E-state index in [-0.39, 0.29) is 24.9 Å². The van der Waals surface area contributed by atoms with Gasteiger partial charge in [0.1, 0.15) is 17.8 Å². The van der Waals surface area contributed by atoms with Crippen molar-refractivity contribution in [3.05, 3.63) is 41.3 Å². The molecule has 3 saturated heterocycles. The summed E-state index contributed by atoms with van der Waals surface area (Å²) < 4.78 is 28.7. The lowest BCUT2D eigenvalue weighted by atomic mass is 9.85. The van der Waals surface area contributed by atoms with Crippen LogP contribution in [0.2, 0.25) is 0 Å². The largest absolute Gasteiger partial charge is 0.465 e. The van der Waals surface area contributed by atoms with Crippen molar-refractivity contribution in [2.75, 3.05) is 37.7 Å². The lowest BCUT2D eigenvalue weighted by molar-refractivity contribution is -0.191. The van der Waals surface area contributed by atoms with Gasteiger partial charge in [-0.2, -0.15) is 5.10 Å². The van der Waals surface area contributed by atoms with Gasteiger partial charge in [0.25, 0.3) is 0 Å². The summed E-state index contributed by atoms with van der Waals surface area (Å²) in [6, 6.07) is 5.93. The van der Waals surface area contributed by atoms with E-state index in [1.807, 2.05) is 32.0 Å². The van der Waals surface area contributed by atoms with Crippen molar-refractivity contribution >= 4 is 22.8 Å². The van der Waals surface area contributed by atoms with Crippen LogP contribution >= 0.6 is 0 Å². The van der Waals surface area contributed by atoms with E-state index in [0.29, 0.717) is 24.6 Å². The zero-order chi connectivity index (χ0) is 26.4. The Kier molecular flexibility index (Phi) is 6.65. The van der Waals surface area contributed by atoms with Crippen LogP contribution in [-0.4, -0.2) is 87.2 Å². The van der Waals surface area contributed by atoms with Crippen LogP contribution in [0.25, 0.3) is 16.7 Å². The average Bonchev–Trinajstić information content (AvgIpc) is 3.28. The number of hydrogen-bond acceptors (Lipinski definition) is 7. The predicted molar refractivity (Wildman–Crippen MR) is 139 cm³/mol. The summed E-state index contributed by atoms with van der Waals surface area (Å²) in [5.74, 6) is 1.73. The van der Waals surface area contributed by atoms with Crippen molar-refractivity contribution in [1.29, 1.82) is 0 Å². The van der Waals surface area contributed by atoms with E-state index in [4.69, 9.17) is 9.47 Å². The van der Waals surface area contributed by atoms with Crippen LogP contribution in [0.3, 0.4) is 0 Å². The molecule has 1 amide bonds. The van der Waals surface area contributed by atoms with Crippen LogP contribution in [0.4, 0.5) is 15.0 Å². The molecule has 0 spiro atoms. The smallest absolute Gasteiger partial charge is 0.407 e. The number of aryl methyl sites for hydroxylation is 2. The number of carbonyl (C=O) groups is 1. The van der Waals surface area contributed by atoms with Crippen LogP contribution in [-0.2, 0) is 9.47 Å². The number of alkyl halides is 1. The summed E-state index contributed by atoms with van der Waals surface area (Å²) in [4.78, 5) is 23.9. The number of anilines is 1. The van der Waals surface area contributed by atoms with Crippen LogP contribution < -0.4 is 4.90 Å². The van der Waals surface area contributed by atoms with Gasteiger partial charge in [0.05, 0.1) is 24.4 Å². The monoisotopic (exact) mass is 524 g/mol. The number of aromatic nitrogens is 4. The highest BCUT2D eigenvalue weighted by Crippen LogP contribution is 2.35. The van der Waals surface area contributed by atoms with Crippen molar-refractivity contribution in [3.63, 3.8) is 0 Å². The van der Waals surface area contributed by atoms with E-state index in [9.17, 15) is 9.90 Å². The molecule has 5 heterocycles. The Morgan fingerprint density at radius 1 is 1.11 bits per heavy atom. The van der Waals surface area contributed by atoms with E-state index in [1.54, 1.807) is 10.9 Å². The van der Waals surface area contributed by atoms with Crippen molar-refractivity contribution in [2.45, 2.75) is 64.0 Å². The van der Waals surface area contributed by atoms with Crippen LogP contribution in [0, 0.1) is 13.8 Å². The Bertz CT molecular complexity index is 1340. The third-order valence-electron chi connectivity index (χ3n) is 7.85. The molecule has 3 fully saturated rings. The first-order valence-electron chi connectivity index (χ1n) is 13.3. The molecule has 3 unspecified atom stereocenters. The van der Waals surface area contributed by atoms with E-state index >= 15 is 4.39 Å². The van der Waals surface area contributed by atoms with Crippen LogP contribution in [0.5, 0.6) is 0 Å². The lowest BCUT2D eigenvalue weighted by Gasteiger charge is -2.41. The first-order chi connectivity index (χ1) is 18.4. The summed E-state index contributed by atoms with van der Waals surface area (Å²) in [7, 11) is 0. The molecule has 3 aromatic rings. The first kappa shape index (κ1) is 25.0. The molecule has 11 heteroatoms. The maximum Gasteiger partial charge on any atom is 0.407 e. The van der Waals surface area contributed by atoms with Gasteiger partial charge in [-0.1, -0.05) is 0 Å². The summed E-state index contributed by atoms with van der Waals surface area (Å²) >= 11 is 0. The maximum atomic E-state index is 15.1. The van der Waals surface area contributed by atoms with Crippen LogP contribution in [0.1, 0.15) is 48.6 Å². The van der Waals surface area contributed by atoms with Gasteiger partial charge in [-0.15, -0.1) is 0 Å².